The van der Waals surface area contributed by atoms with Crippen molar-refractivity contribution in [2.45, 2.75) is 33.2 Å². The molecule has 0 amide bonds. The minimum absolute atomic E-state index is 0.664. The van der Waals surface area contributed by atoms with Crippen LogP contribution in [-0.2, 0) is 13.0 Å². The zero-order valence-electron chi connectivity index (χ0n) is 9.32. The molecule has 0 bridgehead atoms. The Hall–Kier alpha value is -0.900. The minimum atomic E-state index is 0.664. The lowest BCUT2D eigenvalue weighted by Gasteiger charge is -2.10. The van der Waals surface area contributed by atoms with Crippen molar-refractivity contribution < 1.29 is 0 Å². The fourth-order valence-electron chi connectivity index (χ4n) is 1.51. The molecule has 0 saturated carbocycles. The Morgan fingerprint density at radius 2 is 2.36 bits per heavy atom. The third kappa shape index (κ3) is 3.10. The number of aryl methyl sites for hydroxylation is 1. The van der Waals surface area contributed by atoms with E-state index < -0.39 is 0 Å². The zero-order valence-corrected chi connectivity index (χ0v) is 9.32. The molecule has 0 fully saturated rings. The molecule has 0 aliphatic rings. The number of rotatable bonds is 6. The van der Waals surface area contributed by atoms with E-state index in [1.807, 2.05) is 11.7 Å². The van der Waals surface area contributed by atoms with Gasteiger partial charge in [-0.1, -0.05) is 6.92 Å². The van der Waals surface area contributed by atoms with Crippen LogP contribution in [0.3, 0.4) is 0 Å². The summed E-state index contributed by atoms with van der Waals surface area (Å²) < 4.78 is 1.97. The maximum Gasteiger partial charge on any atom is 0.138 e. The third-order valence-electron chi connectivity index (χ3n) is 2.41. The SMILES string of the molecule is CCn1ncnc1CC(C)CCNC. The molecule has 1 aromatic rings. The predicted molar refractivity (Wildman–Crippen MR) is 57.1 cm³/mol. The number of nitrogens with zero attached hydrogens (tertiary/aromatic N) is 3. The van der Waals surface area contributed by atoms with Crippen LogP contribution in [-0.4, -0.2) is 28.4 Å². The zero-order chi connectivity index (χ0) is 10.4. The highest BCUT2D eigenvalue weighted by Gasteiger charge is 2.08. The molecule has 0 aliphatic heterocycles. The fourth-order valence-corrected chi connectivity index (χ4v) is 1.51. The lowest BCUT2D eigenvalue weighted by Crippen LogP contribution is -2.15. The van der Waals surface area contributed by atoms with E-state index in [0.717, 1.165) is 25.3 Å². The van der Waals surface area contributed by atoms with Crippen molar-refractivity contribution in [1.29, 1.82) is 0 Å². The van der Waals surface area contributed by atoms with Crippen LogP contribution in [0.5, 0.6) is 0 Å². The van der Waals surface area contributed by atoms with Crippen LogP contribution in [0.2, 0.25) is 0 Å². The smallest absolute Gasteiger partial charge is 0.138 e. The fraction of sp³-hybridized carbons (Fsp3) is 0.800. The van der Waals surface area contributed by atoms with Gasteiger partial charge in [-0.05, 0) is 32.9 Å². The van der Waals surface area contributed by atoms with E-state index in [4.69, 9.17) is 0 Å². The molecule has 1 aromatic heterocycles. The van der Waals surface area contributed by atoms with E-state index in [9.17, 15) is 0 Å². The number of nitrogens with one attached hydrogen (secondary N) is 1. The molecule has 4 nitrogen and oxygen atoms in total. The Labute approximate surface area is 85.7 Å². The Morgan fingerprint density at radius 1 is 1.57 bits per heavy atom. The second kappa shape index (κ2) is 5.75. The normalized spacial score (nSPS) is 13.1. The molecular weight excluding hydrogens is 176 g/mol. The number of hydrogen-bond donors (Lipinski definition) is 1. The van der Waals surface area contributed by atoms with Crippen molar-refractivity contribution in [3.05, 3.63) is 12.2 Å². The molecule has 14 heavy (non-hydrogen) atoms. The van der Waals surface area contributed by atoms with Gasteiger partial charge in [0.1, 0.15) is 12.2 Å². The third-order valence-corrected chi connectivity index (χ3v) is 2.41. The topological polar surface area (TPSA) is 42.7 Å². The Bertz CT molecular complexity index is 256. The highest BCUT2D eigenvalue weighted by molar-refractivity contribution is 4.86. The number of hydrogen-bond acceptors (Lipinski definition) is 3. The molecule has 4 heteroatoms. The first kappa shape index (κ1) is 11.2. The highest BCUT2D eigenvalue weighted by Crippen LogP contribution is 2.08. The second-order valence-electron chi connectivity index (χ2n) is 3.69. The number of aromatic nitrogens is 3. The van der Waals surface area contributed by atoms with Gasteiger partial charge in [0, 0.05) is 13.0 Å². The first-order valence-electron chi connectivity index (χ1n) is 5.29. The molecule has 0 saturated heterocycles. The van der Waals surface area contributed by atoms with Gasteiger partial charge in [0.2, 0.25) is 0 Å². The van der Waals surface area contributed by atoms with Gasteiger partial charge >= 0.3 is 0 Å². The summed E-state index contributed by atoms with van der Waals surface area (Å²) in [7, 11) is 1.99. The summed E-state index contributed by atoms with van der Waals surface area (Å²) in [5.41, 5.74) is 0. The van der Waals surface area contributed by atoms with Gasteiger partial charge < -0.3 is 5.32 Å². The highest BCUT2D eigenvalue weighted by atomic mass is 15.3. The van der Waals surface area contributed by atoms with E-state index in [-0.39, 0.29) is 0 Å². The van der Waals surface area contributed by atoms with Crippen LogP contribution in [0.4, 0.5) is 0 Å². The second-order valence-corrected chi connectivity index (χ2v) is 3.69. The molecule has 0 aromatic carbocycles. The van der Waals surface area contributed by atoms with E-state index in [2.05, 4.69) is 29.2 Å². The molecule has 1 rings (SSSR count). The van der Waals surface area contributed by atoms with Crippen LogP contribution in [0.25, 0.3) is 0 Å². The van der Waals surface area contributed by atoms with Crippen LogP contribution in [0, 0.1) is 5.92 Å². The van der Waals surface area contributed by atoms with Crippen molar-refractivity contribution >= 4 is 0 Å². The molecule has 0 spiro atoms. The lowest BCUT2D eigenvalue weighted by atomic mass is 10.0. The summed E-state index contributed by atoms with van der Waals surface area (Å²) >= 11 is 0. The van der Waals surface area contributed by atoms with E-state index >= 15 is 0 Å². The van der Waals surface area contributed by atoms with Gasteiger partial charge in [-0.2, -0.15) is 5.10 Å². The Balaban J connectivity index is 2.42. The molecule has 80 valence electrons. The quantitative estimate of drug-likeness (QED) is 0.740. The largest absolute Gasteiger partial charge is 0.320 e. The summed E-state index contributed by atoms with van der Waals surface area (Å²) in [5.74, 6) is 1.77. The van der Waals surface area contributed by atoms with E-state index in [1.54, 1.807) is 6.33 Å². The van der Waals surface area contributed by atoms with Gasteiger partial charge in [0.15, 0.2) is 0 Å². The molecular formula is C10H20N4. The van der Waals surface area contributed by atoms with E-state index in [0.29, 0.717) is 5.92 Å². The lowest BCUT2D eigenvalue weighted by molar-refractivity contribution is 0.482. The molecule has 0 radical (unpaired) electrons. The summed E-state index contributed by atoms with van der Waals surface area (Å²) in [4.78, 5) is 4.27. The van der Waals surface area contributed by atoms with Gasteiger partial charge in [-0.25, -0.2) is 4.98 Å². The van der Waals surface area contributed by atoms with Gasteiger partial charge in [0.25, 0.3) is 0 Å². The van der Waals surface area contributed by atoms with Crippen LogP contribution in [0.15, 0.2) is 6.33 Å². The Morgan fingerprint density at radius 3 is 3.00 bits per heavy atom. The van der Waals surface area contributed by atoms with Crippen molar-refractivity contribution in [3.8, 4) is 0 Å². The average molecular weight is 196 g/mol. The average Bonchev–Trinajstić information content (AvgIpc) is 2.62. The van der Waals surface area contributed by atoms with Crippen molar-refractivity contribution in [3.63, 3.8) is 0 Å². The maximum atomic E-state index is 4.27. The summed E-state index contributed by atoms with van der Waals surface area (Å²) in [6, 6.07) is 0. The molecule has 1 N–H and O–H groups in total. The van der Waals surface area contributed by atoms with Crippen molar-refractivity contribution in [2.24, 2.45) is 5.92 Å². The van der Waals surface area contributed by atoms with Gasteiger partial charge in [0.05, 0.1) is 0 Å². The standard InChI is InChI=1S/C10H20N4/c1-4-14-10(12-8-13-14)7-9(2)5-6-11-3/h8-9,11H,4-7H2,1-3H3. The summed E-state index contributed by atoms with van der Waals surface area (Å²) in [6.45, 7) is 6.33. The molecule has 0 aliphatic carbocycles. The van der Waals surface area contributed by atoms with Gasteiger partial charge in [-0.15, -0.1) is 0 Å². The van der Waals surface area contributed by atoms with E-state index in [1.165, 1.54) is 6.42 Å². The predicted octanol–water partition coefficient (Wildman–Crippen LogP) is 1.09. The van der Waals surface area contributed by atoms with Crippen LogP contribution < -0.4 is 5.32 Å². The molecule has 1 atom stereocenters. The Kier molecular flexibility index (Phi) is 4.59. The maximum absolute atomic E-state index is 4.27. The first-order valence-corrected chi connectivity index (χ1v) is 5.29. The van der Waals surface area contributed by atoms with Gasteiger partial charge in [-0.3, -0.25) is 4.68 Å². The monoisotopic (exact) mass is 196 g/mol. The summed E-state index contributed by atoms with van der Waals surface area (Å²) in [5, 5.41) is 7.32. The van der Waals surface area contributed by atoms with Crippen molar-refractivity contribution in [2.75, 3.05) is 13.6 Å². The minimum Gasteiger partial charge on any atom is -0.320 e. The first-order chi connectivity index (χ1) is 6.77. The van der Waals surface area contributed by atoms with Crippen LogP contribution >= 0.6 is 0 Å². The van der Waals surface area contributed by atoms with Crippen LogP contribution in [0.1, 0.15) is 26.1 Å². The molecule has 1 heterocycles. The molecule has 1 unspecified atom stereocenters. The summed E-state index contributed by atoms with van der Waals surface area (Å²) in [6.07, 6.45) is 3.85. The van der Waals surface area contributed by atoms with Crippen molar-refractivity contribution in [1.82, 2.24) is 20.1 Å².